The third kappa shape index (κ3) is 4.69. The van der Waals surface area contributed by atoms with E-state index < -0.39 is 7.82 Å². The number of hydrogen-bond acceptors (Lipinski definition) is 2. The summed E-state index contributed by atoms with van der Waals surface area (Å²) in [5.41, 5.74) is 0.555. The monoisotopic (exact) mass is 260 g/mol. The van der Waals surface area contributed by atoms with Crippen molar-refractivity contribution >= 4 is 25.2 Å². The van der Waals surface area contributed by atoms with Crippen LogP contribution in [0.15, 0.2) is 24.3 Å². The first-order chi connectivity index (χ1) is 6.70. The summed E-state index contributed by atoms with van der Waals surface area (Å²) >= 11 is 0. The second kappa shape index (κ2) is 5.36. The molecule has 0 aliphatic rings. The average molecular weight is 260 g/mol. The van der Waals surface area contributed by atoms with Gasteiger partial charge in [-0.25, -0.2) is 4.57 Å². The molecule has 2 N–H and O–H groups in total. The first-order valence-corrected chi connectivity index (χ1v) is 6.08. The highest BCUT2D eigenvalue weighted by Crippen LogP contribution is 2.41. The molecule has 0 radical (unpaired) electrons. The van der Waals surface area contributed by atoms with Gasteiger partial charge in [-0.2, -0.15) is 0 Å². The summed E-state index contributed by atoms with van der Waals surface area (Å²) in [5.74, 6) is 0.235. The van der Waals surface area contributed by atoms with Gasteiger partial charge in [-0.05, 0) is 11.5 Å². The van der Waals surface area contributed by atoms with Crippen molar-refractivity contribution in [3.05, 3.63) is 29.8 Å². The fourth-order valence-electron chi connectivity index (χ4n) is 1.29. The van der Waals surface area contributed by atoms with Gasteiger partial charge >= 0.3 is 7.82 Å². The molecule has 90 valence electrons. The van der Waals surface area contributed by atoms with E-state index in [1.807, 2.05) is 26.8 Å². The van der Waals surface area contributed by atoms with Crippen molar-refractivity contribution < 1.29 is 18.9 Å². The van der Waals surface area contributed by atoms with Crippen LogP contribution in [0.1, 0.15) is 26.3 Å². The van der Waals surface area contributed by atoms with E-state index in [4.69, 9.17) is 9.79 Å². The summed E-state index contributed by atoms with van der Waals surface area (Å²) in [6, 6.07) is 6.85. The Morgan fingerprint density at radius 2 is 1.69 bits per heavy atom. The predicted molar refractivity (Wildman–Crippen MR) is 67.8 cm³/mol. The van der Waals surface area contributed by atoms with Gasteiger partial charge in [0.25, 0.3) is 0 Å². The number of hydrogen-bond donors (Lipinski definition) is 2. The molecule has 0 aliphatic heterocycles. The van der Waals surface area contributed by atoms with Crippen LogP contribution in [0.5, 0.6) is 5.75 Å². The van der Waals surface area contributed by atoms with Crippen LogP contribution in [0.3, 0.4) is 0 Å². The molecule has 0 saturated carbocycles. The van der Waals surface area contributed by atoms with E-state index in [-0.39, 0.29) is 28.5 Å². The molecule has 0 atom stereocenters. The molecule has 0 spiro atoms. The van der Waals surface area contributed by atoms with Crippen molar-refractivity contribution in [2.45, 2.75) is 26.2 Å². The highest BCUT2D eigenvalue weighted by atomic mass is 31.2. The average Bonchev–Trinajstić information content (AvgIpc) is 1.99. The minimum absolute atomic E-state index is 0. The molecule has 0 heterocycles. The Hall–Kier alpha value is -0.298. The first kappa shape index (κ1) is 15.7. The first-order valence-electron chi connectivity index (χ1n) is 4.55. The van der Waals surface area contributed by atoms with Crippen molar-refractivity contribution in [1.29, 1.82) is 0 Å². The molecule has 0 saturated heterocycles. The number of rotatable bonds is 2. The zero-order valence-corrected chi connectivity index (χ0v) is 9.86. The van der Waals surface area contributed by atoms with E-state index in [2.05, 4.69) is 4.52 Å². The van der Waals surface area contributed by atoms with Crippen LogP contribution in [0.2, 0.25) is 0 Å². The Morgan fingerprint density at radius 3 is 2.12 bits per heavy atom. The van der Waals surface area contributed by atoms with Crippen molar-refractivity contribution in [1.82, 2.24) is 0 Å². The highest BCUT2D eigenvalue weighted by molar-refractivity contribution is 7.46. The molecule has 0 bridgehead atoms. The highest BCUT2D eigenvalue weighted by Gasteiger charge is 2.23. The molecule has 0 fully saturated rings. The van der Waals surface area contributed by atoms with Crippen LogP contribution in [-0.2, 0) is 9.98 Å². The lowest BCUT2D eigenvalue weighted by atomic mass is 9.86. The quantitative estimate of drug-likeness (QED) is 0.620. The van der Waals surface area contributed by atoms with Gasteiger partial charge in [-0.15, -0.1) is 0 Å². The molecule has 0 aliphatic carbocycles. The van der Waals surface area contributed by atoms with Crippen molar-refractivity contribution in [2.75, 3.05) is 0 Å². The molecule has 1 aromatic rings. The van der Waals surface area contributed by atoms with Gasteiger partial charge in [0.15, 0.2) is 17.4 Å². The topological polar surface area (TPSA) is 66.8 Å². The van der Waals surface area contributed by atoms with E-state index in [1.165, 1.54) is 0 Å². The lowest BCUT2D eigenvalue weighted by Crippen LogP contribution is -2.12. The molecule has 6 heteroatoms. The third-order valence-corrected chi connectivity index (χ3v) is 2.35. The minimum Gasteiger partial charge on any atom is -0.404 e. The largest absolute Gasteiger partial charge is 0.524 e. The SMILES string of the molecule is CC(C)(C)c1ccccc1OP(=O)(O)O.[AlH3]. The van der Waals surface area contributed by atoms with Gasteiger partial charge in [0.2, 0.25) is 0 Å². The van der Waals surface area contributed by atoms with Crippen LogP contribution >= 0.6 is 7.82 Å². The molecular formula is C10H18AlO4P. The van der Waals surface area contributed by atoms with Gasteiger partial charge in [-0.1, -0.05) is 39.0 Å². The van der Waals surface area contributed by atoms with Crippen molar-refractivity contribution in [3.63, 3.8) is 0 Å². The van der Waals surface area contributed by atoms with Gasteiger partial charge in [0, 0.05) is 5.56 Å². The Morgan fingerprint density at radius 1 is 1.19 bits per heavy atom. The van der Waals surface area contributed by atoms with E-state index in [9.17, 15) is 4.57 Å². The fraction of sp³-hybridized carbons (Fsp3) is 0.400. The lowest BCUT2D eigenvalue weighted by Gasteiger charge is -2.22. The van der Waals surface area contributed by atoms with Crippen LogP contribution in [0, 0.1) is 0 Å². The summed E-state index contributed by atoms with van der Waals surface area (Å²) in [6.07, 6.45) is 0. The number of para-hydroxylation sites is 1. The Balaban J connectivity index is 0.00000225. The summed E-state index contributed by atoms with van der Waals surface area (Å²) < 4.78 is 15.4. The molecule has 0 aromatic heterocycles. The Bertz CT molecular complexity index is 394. The predicted octanol–water partition coefficient (Wildman–Crippen LogP) is 1.27. The number of phosphoric acid groups is 1. The third-order valence-electron chi connectivity index (χ3n) is 1.91. The summed E-state index contributed by atoms with van der Waals surface area (Å²) in [4.78, 5) is 17.5. The van der Waals surface area contributed by atoms with E-state index in [0.29, 0.717) is 0 Å². The zero-order chi connectivity index (χ0) is 11.7. The number of phosphoric ester groups is 1. The Kier molecular flexibility index (Phi) is 5.26. The Labute approximate surface area is 106 Å². The van der Waals surface area contributed by atoms with Crippen molar-refractivity contribution in [3.8, 4) is 5.75 Å². The standard InChI is InChI=1S/C10H15O4P.Al.3H/c1-10(2,3)8-6-4-5-7-9(8)14-15(11,12)13;;;;/h4-7H,1-3H3,(H2,11,12,13);;;;. The van der Waals surface area contributed by atoms with Crippen LogP contribution in [0.25, 0.3) is 0 Å². The molecular weight excluding hydrogens is 242 g/mol. The maximum Gasteiger partial charge on any atom is 0.524 e. The molecule has 4 nitrogen and oxygen atoms in total. The summed E-state index contributed by atoms with van der Waals surface area (Å²) in [5, 5.41) is 0. The fourth-order valence-corrected chi connectivity index (χ4v) is 1.71. The van der Waals surface area contributed by atoms with Crippen molar-refractivity contribution in [2.24, 2.45) is 0 Å². The zero-order valence-electron chi connectivity index (χ0n) is 8.97. The smallest absolute Gasteiger partial charge is 0.404 e. The summed E-state index contributed by atoms with van der Waals surface area (Å²) in [7, 11) is -4.48. The molecule has 0 amide bonds. The molecule has 16 heavy (non-hydrogen) atoms. The second-order valence-corrected chi connectivity index (χ2v) is 5.49. The second-order valence-electron chi connectivity index (χ2n) is 4.33. The van der Waals surface area contributed by atoms with E-state index in [1.54, 1.807) is 18.2 Å². The molecule has 1 aromatic carbocycles. The van der Waals surface area contributed by atoms with Gasteiger partial charge in [-0.3, -0.25) is 9.79 Å². The minimum atomic E-state index is -4.48. The maximum absolute atomic E-state index is 10.8. The van der Waals surface area contributed by atoms with E-state index in [0.717, 1.165) is 5.56 Å². The normalized spacial score (nSPS) is 11.8. The lowest BCUT2D eigenvalue weighted by molar-refractivity contribution is 0.281. The van der Waals surface area contributed by atoms with Crippen LogP contribution in [-0.4, -0.2) is 27.1 Å². The summed E-state index contributed by atoms with van der Waals surface area (Å²) in [6.45, 7) is 5.86. The van der Waals surface area contributed by atoms with Gasteiger partial charge < -0.3 is 4.52 Å². The van der Waals surface area contributed by atoms with Crippen LogP contribution in [0.4, 0.5) is 0 Å². The number of benzene rings is 1. The van der Waals surface area contributed by atoms with Gasteiger partial charge in [0.1, 0.15) is 5.75 Å². The molecule has 0 unspecified atom stereocenters. The molecule has 1 rings (SSSR count). The van der Waals surface area contributed by atoms with Gasteiger partial charge in [0.05, 0.1) is 0 Å². The van der Waals surface area contributed by atoms with E-state index >= 15 is 0 Å². The van der Waals surface area contributed by atoms with Crippen LogP contribution < -0.4 is 4.52 Å². The maximum atomic E-state index is 10.8.